The topological polar surface area (TPSA) is 72.3 Å². The molecular formula is C16H23N3O. The number of rotatable bonds is 4. The van der Waals surface area contributed by atoms with Crippen molar-refractivity contribution in [2.24, 2.45) is 11.5 Å². The number of nitrogens with two attached hydrogens (primary N) is 2. The van der Waals surface area contributed by atoms with Crippen LogP contribution in [0.4, 0.5) is 0 Å². The molecule has 4 N–H and O–H groups in total. The first-order valence-electron chi connectivity index (χ1n) is 7.55. The van der Waals surface area contributed by atoms with Gasteiger partial charge in [-0.15, -0.1) is 0 Å². The second-order valence-corrected chi connectivity index (χ2v) is 6.03. The second kappa shape index (κ2) is 5.54. The number of piperidine rings is 1. The number of amides is 1. The lowest BCUT2D eigenvalue weighted by molar-refractivity contribution is 0.0994. The van der Waals surface area contributed by atoms with Crippen molar-refractivity contribution >= 4 is 5.91 Å². The summed E-state index contributed by atoms with van der Waals surface area (Å²) in [5.74, 6) is 0.155. The minimum Gasteiger partial charge on any atom is -0.366 e. The minimum absolute atomic E-state index is 0.308. The fourth-order valence-electron chi connectivity index (χ4n) is 4.12. The summed E-state index contributed by atoms with van der Waals surface area (Å²) in [5.41, 5.74) is 13.1. The van der Waals surface area contributed by atoms with E-state index in [1.807, 2.05) is 18.2 Å². The van der Waals surface area contributed by atoms with E-state index in [1.54, 1.807) is 0 Å². The summed E-state index contributed by atoms with van der Waals surface area (Å²) >= 11 is 0. The smallest absolute Gasteiger partial charge is 0.248 e. The summed E-state index contributed by atoms with van der Waals surface area (Å²) in [6.07, 6.45) is 4.78. The molecule has 0 saturated carbocycles. The number of primary amides is 1. The molecule has 1 aromatic carbocycles. The number of benzene rings is 1. The Balaban J connectivity index is 1.83. The Morgan fingerprint density at radius 3 is 2.45 bits per heavy atom. The van der Waals surface area contributed by atoms with Crippen molar-refractivity contribution in [3.05, 3.63) is 35.4 Å². The third-order valence-corrected chi connectivity index (χ3v) is 4.94. The summed E-state index contributed by atoms with van der Waals surface area (Å²) in [4.78, 5) is 14.2. The third-order valence-electron chi connectivity index (χ3n) is 4.94. The van der Waals surface area contributed by atoms with Gasteiger partial charge in [0, 0.05) is 30.7 Å². The van der Waals surface area contributed by atoms with E-state index < -0.39 is 0 Å². The van der Waals surface area contributed by atoms with Crippen molar-refractivity contribution < 1.29 is 4.79 Å². The van der Waals surface area contributed by atoms with Crippen LogP contribution >= 0.6 is 0 Å². The lowest BCUT2D eigenvalue weighted by Gasteiger charge is -2.39. The Kier molecular flexibility index (Phi) is 3.76. The van der Waals surface area contributed by atoms with Crippen LogP contribution < -0.4 is 11.5 Å². The Morgan fingerprint density at radius 1 is 1.20 bits per heavy atom. The lowest BCUT2D eigenvalue weighted by Crippen LogP contribution is -2.44. The van der Waals surface area contributed by atoms with E-state index in [4.69, 9.17) is 11.5 Å². The number of fused-ring (bicyclic) bond motifs is 2. The molecule has 4 heteroatoms. The van der Waals surface area contributed by atoms with Crippen LogP contribution in [-0.2, 0) is 0 Å². The first-order valence-corrected chi connectivity index (χ1v) is 7.55. The van der Waals surface area contributed by atoms with Crippen LogP contribution in [0.15, 0.2) is 24.3 Å². The second-order valence-electron chi connectivity index (χ2n) is 6.03. The molecule has 2 unspecified atom stereocenters. The fraction of sp³-hybridized carbons (Fsp3) is 0.562. The van der Waals surface area contributed by atoms with Gasteiger partial charge in [0.15, 0.2) is 0 Å². The monoisotopic (exact) mass is 273 g/mol. The number of hydrogen-bond donors (Lipinski definition) is 2. The van der Waals surface area contributed by atoms with Gasteiger partial charge in [0.1, 0.15) is 0 Å². The van der Waals surface area contributed by atoms with Gasteiger partial charge in [0.25, 0.3) is 0 Å². The molecule has 2 aliphatic rings. The van der Waals surface area contributed by atoms with Crippen molar-refractivity contribution in [1.82, 2.24) is 4.90 Å². The molecule has 3 rings (SSSR count). The van der Waals surface area contributed by atoms with Gasteiger partial charge in [-0.1, -0.05) is 18.2 Å². The van der Waals surface area contributed by atoms with Gasteiger partial charge in [-0.2, -0.15) is 0 Å². The highest BCUT2D eigenvalue weighted by molar-refractivity contribution is 5.94. The van der Waals surface area contributed by atoms with Gasteiger partial charge in [-0.3, -0.25) is 9.69 Å². The molecule has 1 aromatic rings. The summed E-state index contributed by atoms with van der Waals surface area (Å²) in [7, 11) is 0. The molecule has 0 aliphatic carbocycles. The van der Waals surface area contributed by atoms with Crippen LogP contribution in [0.2, 0.25) is 0 Å². The Morgan fingerprint density at radius 2 is 1.85 bits per heavy atom. The highest BCUT2D eigenvalue weighted by atomic mass is 16.1. The minimum atomic E-state index is -0.308. The normalized spacial score (nSPS) is 29.6. The summed E-state index contributed by atoms with van der Waals surface area (Å²) in [6.45, 7) is 1.73. The molecule has 0 aromatic heterocycles. The first kappa shape index (κ1) is 13.6. The standard InChI is InChI=1S/C16H23N3O/c17-7-8-19-12-5-6-13(19)10-11(9-12)14-3-1-2-4-15(14)16(18)20/h1-4,11-13H,5-10,17H2,(H2,18,20). The molecule has 0 spiro atoms. The molecule has 20 heavy (non-hydrogen) atoms. The maximum absolute atomic E-state index is 11.6. The average molecular weight is 273 g/mol. The van der Waals surface area contributed by atoms with E-state index >= 15 is 0 Å². The number of nitrogens with zero attached hydrogens (tertiary/aromatic N) is 1. The maximum Gasteiger partial charge on any atom is 0.248 e. The lowest BCUT2D eigenvalue weighted by atomic mass is 9.82. The van der Waals surface area contributed by atoms with Crippen LogP contribution in [-0.4, -0.2) is 36.0 Å². The molecule has 2 bridgehead atoms. The molecule has 2 fully saturated rings. The highest BCUT2D eigenvalue weighted by Crippen LogP contribution is 2.43. The molecule has 2 saturated heterocycles. The van der Waals surface area contributed by atoms with E-state index in [2.05, 4.69) is 11.0 Å². The van der Waals surface area contributed by atoms with E-state index in [-0.39, 0.29) is 5.91 Å². The van der Waals surface area contributed by atoms with Crippen molar-refractivity contribution in [2.75, 3.05) is 13.1 Å². The molecule has 1 amide bonds. The molecule has 108 valence electrons. The van der Waals surface area contributed by atoms with E-state index in [0.29, 0.717) is 23.6 Å². The third kappa shape index (κ3) is 2.34. The number of carbonyl (C=O) groups is 1. The summed E-state index contributed by atoms with van der Waals surface area (Å²) in [6, 6.07) is 9.08. The number of carbonyl (C=O) groups excluding carboxylic acids is 1. The Hall–Kier alpha value is -1.39. The van der Waals surface area contributed by atoms with Gasteiger partial charge in [0.05, 0.1) is 0 Å². The quantitative estimate of drug-likeness (QED) is 0.872. The molecule has 4 nitrogen and oxygen atoms in total. The molecular weight excluding hydrogens is 250 g/mol. The van der Waals surface area contributed by atoms with Crippen molar-refractivity contribution in [1.29, 1.82) is 0 Å². The fourth-order valence-corrected chi connectivity index (χ4v) is 4.12. The van der Waals surface area contributed by atoms with Crippen LogP contribution in [0.25, 0.3) is 0 Å². The SMILES string of the molecule is NCCN1C2CCC1CC(c1ccccc1C(N)=O)C2. The number of hydrogen-bond acceptors (Lipinski definition) is 3. The van der Waals surface area contributed by atoms with Crippen molar-refractivity contribution in [3.8, 4) is 0 Å². The zero-order chi connectivity index (χ0) is 14.1. The van der Waals surface area contributed by atoms with Gasteiger partial charge in [-0.25, -0.2) is 0 Å². The zero-order valence-electron chi connectivity index (χ0n) is 11.8. The van der Waals surface area contributed by atoms with Crippen molar-refractivity contribution in [2.45, 2.75) is 43.7 Å². The predicted octanol–water partition coefficient (Wildman–Crippen LogP) is 1.45. The predicted molar refractivity (Wildman–Crippen MR) is 79.5 cm³/mol. The van der Waals surface area contributed by atoms with Crippen molar-refractivity contribution in [3.63, 3.8) is 0 Å². The largest absolute Gasteiger partial charge is 0.366 e. The Bertz CT molecular complexity index is 488. The molecule has 2 atom stereocenters. The van der Waals surface area contributed by atoms with E-state index in [1.165, 1.54) is 12.8 Å². The molecule has 2 aliphatic heterocycles. The Labute approximate surface area is 120 Å². The average Bonchev–Trinajstić information content (AvgIpc) is 2.70. The van der Waals surface area contributed by atoms with Crippen LogP contribution in [0.3, 0.4) is 0 Å². The summed E-state index contributed by atoms with van der Waals surface area (Å²) < 4.78 is 0. The zero-order valence-corrected chi connectivity index (χ0v) is 11.8. The van der Waals surface area contributed by atoms with Crippen LogP contribution in [0, 0.1) is 0 Å². The maximum atomic E-state index is 11.6. The molecule has 2 heterocycles. The van der Waals surface area contributed by atoms with Gasteiger partial charge < -0.3 is 11.5 Å². The van der Waals surface area contributed by atoms with Crippen LogP contribution in [0.1, 0.15) is 47.5 Å². The van der Waals surface area contributed by atoms with Crippen LogP contribution in [0.5, 0.6) is 0 Å². The highest BCUT2D eigenvalue weighted by Gasteiger charge is 2.41. The van der Waals surface area contributed by atoms with Gasteiger partial charge >= 0.3 is 0 Å². The van der Waals surface area contributed by atoms with Gasteiger partial charge in [0.2, 0.25) is 5.91 Å². The van der Waals surface area contributed by atoms with E-state index in [0.717, 1.165) is 31.5 Å². The van der Waals surface area contributed by atoms with E-state index in [9.17, 15) is 4.79 Å². The first-order chi connectivity index (χ1) is 9.70. The summed E-state index contributed by atoms with van der Waals surface area (Å²) in [5, 5.41) is 0. The molecule has 0 radical (unpaired) electrons. The van der Waals surface area contributed by atoms with Gasteiger partial charge in [-0.05, 0) is 43.2 Å².